The largest absolute Gasteiger partial charge is 0.493 e. The number of fused-ring (bicyclic) bond motifs is 1. The average molecular weight is 356 g/mol. The van der Waals surface area contributed by atoms with Crippen molar-refractivity contribution in [3.05, 3.63) is 58.9 Å². The Labute approximate surface area is 139 Å². The maximum absolute atomic E-state index is 13.9. The Morgan fingerprint density at radius 2 is 2.00 bits per heavy atom. The van der Waals surface area contributed by atoms with Crippen molar-refractivity contribution < 1.29 is 17.5 Å². The topological polar surface area (TPSA) is 55.4 Å². The second kappa shape index (κ2) is 6.47. The van der Waals surface area contributed by atoms with Crippen molar-refractivity contribution in [3.63, 3.8) is 0 Å². The van der Waals surface area contributed by atoms with Crippen LogP contribution in [0.5, 0.6) is 5.75 Å². The second-order valence-electron chi connectivity index (χ2n) is 5.39. The van der Waals surface area contributed by atoms with Crippen LogP contribution >= 0.6 is 11.6 Å². The molecule has 1 aliphatic rings. The van der Waals surface area contributed by atoms with Crippen molar-refractivity contribution in [2.45, 2.75) is 11.3 Å². The van der Waals surface area contributed by atoms with Crippen molar-refractivity contribution >= 4 is 21.6 Å². The molecule has 1 N–H and O–H groups in total. The zero-order chi connectivity index (χ0) is 16.4. The van der Waals surface area contributed by atoms with E-state index in [-0.39, 0.29) is 17.5 Å². The van der Waals surface area contributed by atoms with Crippen molar-refractivity contribution in [2.24, 2.45) is 5.92 Å². The Morgan fingerprint density at radius 3 is 2.83 bits per heavy atom. The maximum Gasteiger partial charge on any atom is 0.243 e. The summed E-state index contributed by atoms with van der Waals surface area (Å²) < 4.78 is 46.4. The van der Waals surface area contributed by atoms with E-state index in [2.05, 4.69) is 4.72 Å². The molecule has 0 radical (unpaired) electrons. The molecule has 0 fully saturated rings. The van der Waals surface area contributed by atoms with Gasteiger partial charge in [-0.15, -0.1) is 0 Å². The predicted molar refractivity (Wildman–Crippen MR) is 85.7 cm³/mol. The number of ether oxygens (including phenoxy) is 1. The Bertz CT molecular complexity index is 826. The average Bonchev–Trinajstić information content (AvgIpc) is 2.55. The highest BCUT2D eigenvalue weighted by Crippen LogP contribution is 2.27. The van der Waals surface area contributed by atoms with Gasteiger partial charge in [-0.05, 0) is 30.2 Å². The van der Waals surface area contributed by atoms with Crippen LogP contribution in [0.1, 0.15) is 5.56 Å². The highest BCUT2D eigenvalue weighted by molar-refractivity contribution is 7.89. The number of nitrogens with one attached hydrogen (secondary N) is 1. The van der Waals surface area contributed by atoms with Crippen LogP contribution in [0.4, 0.5) is 4.39 Å². The molecule has 0 aliphatic carbocycles. The predicted octanol–water partition coefficient (Wildman–Crippen LogP) is 3.01. The smallest absolute Gasteiger partial charge is 0.243 e. The minimum Gasteiger partial charge on any atom is -0.493 e. The van der Waals surface area contributed by atoms with Gasteiger partial charge in [0.15, 0.2) is 5.82 Å². The van der Waals surface area contributed by atoms with Crippen molar-refractivity contribution in [1.82, 2.24) is 4.72 Å². The van der Waals surface area contributed by atoms with Crippen LogP contribution in [-0.4, -0.2) is 21.6 Å². The summed E-state index contributed by atoms with van der Waals surface area (Å²) in [4.78, 5) is -0.442. The lowest BCUT2D eigenvalue weighted by Crippen LogP contribution is -2.35. The summed E-state index contributed by atoms with van der Waals surface area (Å²) >= 11 is 5.64. The van der Waals surface area contributed by atoms with E-state index >= 15 is 0 Å². The van der Waals surface area contributed by atoms with E-state index in [4.69, 9.17) is 16.3 Å². The van der Waals surface area contributed by atoms with Crippen LogP contribution in [-0.2, 0) is 16.4 Å². The second-order valence-corrected chi connectivity index (χ2v) is 7.54. The summed E-state index contributed by atoms with van der Waals surface area (Å²) in [6.45, 7) is 0.584. The van der Waals surface area contributed by atoms with Gasteiger partial charge in [0, 0.05) is 12.5 Å². The molecule has 122 valence electrons. The maximum atomic E-state index is 13.9. The van der Waals surface area contributed by atoms with E-state index in [0.717, 1.165) is 11.3 Å². The highest BCUT2D eigenvalue weighted by Gasteiger charge is 2.24. The first-order valence-corrected chi connectivity index (χ1v) is 8.98. The Hall–Kier alpha value is -1.63. The summed E-state index contributed by atoms with van der Waals surface area (Å²) in [5.41, 5.74) is 1.04. The fourth-order valence-corrected chi connectivity index (χ4v) is 3.96. The minimum atomic E-state index is -3.96. The molecule has 1 atom stereocenters. The first kappa shape index (κ1) is 16.2. The molecule has 0 amide bonds. The quantitative estimate of drug-likeness (QED) is 0.917. The number of para-hydroxylation sites is 1. The van der Waals surface area contributed by atoms with E-state index in [1.165, 1.54) is 18.2 Å². The van der Waals surface area contributed by atoms with E-state index in [1.807, 2.05) is 24.3 Å². The van der Waals surface area contributed by atoms with Gasteiger partial charge in [0.1, 0.15) is 10.6 Å². The summed E-state index contributed by atoms with van der Waals surface area (Å²) in [6.07, 6.45) is 0.705. The van der Waals surface area contributed by atoms with Crippen molar-refractivity contribution in [1.29, 1.82) is 0 Å². The van der Waals surface area contributed by atoms with Crippen molar-refractivity contribution in [2.75, 3.05) is 13.2 Å². The summed E-state index contributed by atoms with van der Waals surface area (Å²) in [7, 11) is -3.96. The van der Waals surface area contributed by atoms with Gasteiger partial charge in [-0.3, -0.25) is 0 Å². The number of benzene rings is 2. The minimum absolute atomic E-state index is 0.0121. The molecule has 7 heteroatoms. The third kappa shape index (κ3) is 3.49. The van der Waals surface area contributed by atoms with Crippen LogP contribution in [0.15, 0.2) is 47.4 Å². The van der Waals surface area contributed by atoms with Gasteiger partial charge >= 0.3 is 0 Å². The molecular weight excluding hydrogens is 341 g/mol. The molecule has 2 aromatic rings. The number of sulfonamides is 1. The fraction of sp³-hybridized carbons (Fsp3) is 0.250. The molecule has 0 saturated carbocycles. The number of halogens is 2. The Balaban J connectivity index is 1.70. The van der Waals surface area contributed by atoms with Crippen LogP contribution in [0.25, 0.3) is 0 Å². The molecule has 0 spiro atoms. The zero-order valence-electron chi connectivity index (χ0n) is 12.1. The summed E-state index contributed by atoms with van der Waals surface area (Å²) in [5, 5.41) is -0.220. The van der Waals surface area contributed by atoms with Gasteiger partial charge < -0.3 is 4.74 Å². The lowest BCUT2D eigenvalue weighted by Gasteiger charge is -2.25. The Morgan fingerprint density at radius 1 is 1.22 bits per heavy atom. The van der Waals surface area contributed by atoms with Crippen LogP contribution < -0.4 is 9.46 Å². The van der Waals surface area contributed by atoms with E-state index < -0.39 is 20.7 Å². The monoisotopic (exact) mass is 355 g/mol. The van der Waals surface area contributed by atoms with E-state index in [9.17, 15) is 12.8 Å². The third-order valence-corrected chi connectivity index (χ3v) is 5.46. The molecule has 0 bridgehead atoms. The summed E-state index contributed by atoms with van der Waals surface area (Å²) in [6, 6.07) is 11.5. The molecule has 0 saturated heterocycles. The standard InChI is InChI=1S/C16H15ClFNO3S/c17-13-5-3-7-15(16(13)18)23(20,21)19-9-11-8-12-4-1-2-6-14(12)22-10-11/h1-7,11,19H,8-10H2. The molecule has 23 heavy (non-hydrogen) atoms. The van der Waals surface area contributed by atoms with Crippen LogP contribution in [0.2, 0.25) is 5.02 Å². The van der Waals surface area contributed by atoms with Gasteiger partial charge in [0.25, 0.3) is 0 Å². The molecule has 4 nitrogen and oxygen atoms in total. The molecular formula is C16H15ClFNO3S. The van der Waals surface area contributed by atoms with Gasteiger partial charge in [-0.1, -0.05) is 35.9 Å². The lowest BCUT2D eigenvalue weighted by atomic mass is 9.97. The van der Waals surface area contributed by atoms with Gasteiger partial charge in [0.05, 0.1) is 11.6 Å². The van der Waals surface area contributed by atoms with Gasteiger partial charge in [-0.2, -0.15) is 0 Å². The molecule has 1 aliphatic heterocycles. The lowest BCUT2D eigenvalue weighted by molar-refractivity contribution is 0.223. The van der Waals surface area contributed by atoms with Crippen LogP contribution in [0, 0.1) is 11.7 Å². The van der Waals surface area contributed by atoms with Gasteiger partial charge in [0.2, 0.25) is 10.0 Å². The third-order valence-electron chi connectivity index (χ3n) is 3.72. The van der Waals surface area contributed by atoms with E-state index in [0.29, 0.717) is 13.0 Å². The number of rotatable bonds is 4. The molecule has 2 aromatic carbocycles. The molecule has 1 heterocycles. The van der Waals surface area contributed by atoms with Crippen LogP contribution in [0.3, 0.4) is 0 Å². The zero-order valence-corrected chi connectivity index (χ0v) is 13.7. The first-order valence-electron chi connectivity index (χ1n) is 7.12. The molecule has 0 aromatic heterocycles. The number of hydrogen-bond donors (Lipinski definition) is 1. The Kier molecular flexibility index (Phi) is 4.57. The molecule has 1 unspecified atom stereocenters. The fourth-order valence-electron chi connectivity index (χ4n) is 2.52. The van der Waals surface area contributed by atoms with Crippen molar-refractivity contribution in [3.8, 4) is 5.75 Å². The SMILES string of the molecule is O=S(=O)(NCC1COc2ccccc2C1)c1cccc(Cl)c1F. The first-order chi connectivity index (χ1) is 11.0. The normalized spacial score (nSPS) is 17.4. The molecule has 3 rings (SSSR count). The number of hydrogen-bond acceptors (Lipinski definition) is 3. The highest BCUT2D eigenvalue weighted by atomic mass is 35.5. The van der Waals surface area contributed by atoms with Gasteiger partial charge in [-0.25, -0.2) is 17.5 Å². The summed E-state index contributed by atoms with van der Waals surface area (Å²) in [5.74, 6) is -0.124. The van der Waals surface area contributed by atoms with E-state index in [1.54, 1.807) is 0 Å².